The molecule has 5 heteroatoms. The van der Waals surface area contributed by atoms with Crippen LogP contribution in [0.15, 0.2) is 24.4 Å². The van der Waals surface area contributed by atoms with Crippen molar-refractivity contribution >= 4 is 5.97 Å². The number of carboxylic acid groups (broad SMARTS) is 1. The topological polar surface area (TPSA) is 88.2 Å². The Morgan fingerprint density at radius 3 is 2.82 bits per heavy atom. The number of aromatic nitrogens is 1. The molecule has 0 fully saturated rings. The fourth-order valence-electron chi connectivity index (χ4n) is 1.48. The first-order chi connectivity index (χ1) is 7.93. The Morgan fingerprint density at radius 1 is 1.59 bits per heavy atom. The molecule has 0 aliphatic heterocycles. The van der Waals surface area contributed by atoms with E-state index in [-0.39, 0.29) is 12.0 Å². The van der Waals surface area contributed by atoms with E-state index in [1.54, 1.807) is 6.20 Å². The summed E-state index contributed by atoms with van der Waals surface area (Å²) in [5, 5.41) is 11.7. The maximum absolute atomic E-state index is 10.5. The lowest BCUT2D eigenvalue weighted by Gasteiger charge is -2.24. The van der Waals surface area contributed by atoms with Crippen molar-refractivity contribution in [1.29, 1.82) is 0 Å². The summed E-state index contributed by atoms with van der Waals surface area (Å²) in [5.74, 6) is -0.992. The van der Waals surface area contributed by atoms with Crippen LogP contribution in [-0.2, 0) is 10.2 Å². The minimum absolute atomic E-state index is 0.153. The second-order valence-corrected chi connectivity index (χ2v) is 4.67. The predicted molar refractivity (Wildman–Crippen MR) is 65.7 cm³/mol. The zero-order chi connectivity index (χ0) is 12.9. The van der Waals surface area contributed by atoms with Crippen LogP contribution in [0.25, 0.3) is 0 Å². The van der Waals surface area contributed by atoms with Crippen molar-refractivity contribution in [3.63, 3.8) is 0 Å². The van der Waals surface area contributed by atoms with Crippen LogP contribution in [-0.4, -0.2) is 35.2 Å². The van der Waals surface area contributed by atoms with Crippen molar-refractivity contribution in [2.75, 3.05) is 13.1 Å². The number of pyridine rings is 1. The van der Waals surface area contributed by atoms with E-state index in [4.69, 9.17) is 10.8 Å². The van der Waals surface area contributed by atoms with Crippen LogP contribution in [0.1, 0.15) is 19.5 Å². The Labute approximate surface area is 101 Å². The molecule has 0 bridgehead atoms. The third kappa shape index (κ3) is 4.13. The number of carboxylic acids is 1. The highest BCUT2D eigenvalue weighted by molar-refractivity contribution is 5.73. The normalized spacial score (nSPS) is 13.4. The van der Waals surface area contributed by atoms with Crippen molar-refractivity contribution < 1.29 is 9.90 Å². The zero-order valence-electron chi connectivity index (χ0n) is 10.2. The van der Waals surface area contributed by atoms with Crippen LogP contribution >= 0.6 is 0 Å². The van der Waals surface area contributed by atoms with E-state index in [0.717, 1.165) is 5.69 Å². The SMILES string of the molecule is CC(C)(CNCC(N)C(=O)O)c1ccccn1. The van der Waals surface area contributed by atoms with Gasteiger partial charge in [-0.05, 0) is 12.1 Å². The first kappa shape index (κ1) is 13.6. The summed E-state index contributed by atoms with van der Waals surface area (Å²) >= 11 is 0. The molecule has 4 N–H and O–H groups in total. The van der Waals surface area contributed by atoms with Crippen molar-refractivity contribution in [2.45, 2.75) is 25.3 Å². The van der Waals surface area contributed by atoms with Crippen molar-refractivity contribution in [2.24, 2.45) is 5.73 Å². The van der Waals surface area contributed by atoms with E-state index in [9.17, 15) is 4.79 Å². The smallest absolute Gasteiger partial charge is 0.321 e. The van der Waals surface area contributed by atoms with Crippen molar-refractivity contribution in [3.05, 3.63) is 30.1 Å². The Morgan fingerprint density at radius 2 is 2.29 bits per heavy atom. The third-order valence-electron chi connectivity index (χ3n) is 2.61. The summed E-state index contributed by atoms with van der Waals surface area (Å²) in [6, 6.07) is 4.90. The largest absolute Gasteiger partial charge is 0.480 e. The standard InChI is InChI=1S/C12H19N3O2/c1-12(2,10-5-3-4-6-15-10)8-14-7-9(13)11(16)17/h3-6,9,14H,7-8,13H2,1-2H3,(H,16,17). The lowest BCUT2D eigenvalue weighted by molar-refractivity contribution is -0.138. The van der Waals surface area contributed by atoms with E-state index in [0.29, 0.717) is 6.54 Å². The molecule has 1 aromatic heterocycles. The van der Waals surface area contributed by atoms with Gasteiger partial charge in [-0.2, -0.15) is 0 Å². The molecule has 1 atom stereocenters. The molecule has 1 aromatic rings. The van der Waals surface area contributed by atoms with Gasteiger partial charge in [-0.15, -0.1) is 0 Å². The first-order valence-electron chi connectivity index (χ1n) is 5.54. The van der Waals surface area contributed by atoms with Gasteiger partial charge < -0.3 is 16.2 Å². The average molecular weight is 237 g/mol. The van der Waals surface area contributed by atoms with Crippen molar-refractivity contribution in [3.8, 4) is 0 Å². The molecule has 0 amide bonds. The number of aliphatic carboxylic acids is 1. The molecule has 5 nitrogen and oxygen atoms in total. The van der Waals surface area contributed by atoms with Gasteiger partial charge in [0.05, 0.1) is 0 Å². The predicted octanol–water partition coefficient (Wildman–Crippen LogP) is 0.361. The van der Waals surface area contributed by atoms with Crippen LogP contribution in [0.4, 0.5) is 0 Å². The number of nitrogens with one attached hydrogen (secondary N) is 1. The van der Waals surface area contributed by atoms with Crippen LogP contribution < -0.4 is 11.1 Å². The first-order valence-corrected chi connectivity index (χ1v) is 5.54. The van der Waals surface area contributed by atoms with Gasteiger partial charge in [0.15, 0.2) is 0 Å². The summed E-state index contributed by atoms with van der Waals surface area (Å²) in [5.41, 5.74) is 6.22. The Bertz CT molecular complexity index is 365. The molecule has 0 saturated carbocycles. The van der Waals surface area contributed by atoms with E-state index >= 15 is 0 Å². The minimum Gasteiger partial charge on any atom is -0.480 e. The summed E-state index contributed by atoms with van der Waals surface area (Å²) in [7, 11) is 0. The second kappa shape index (κ2) is 5.75. The van der Waals surface area contributed by atoms with Crippen LogP contribution in [0.2, 0.25) is 0 Å². The maximum atomic E-state index is 10.5. The number of rotatable bonds is 6. The Balaban J connectivity index is 2.48. The fourth-order valence-corrected chi connectivity index (χ4v) is 1.48. The van der Waals surface area contributed by atoms with Gasteiger partial charge in [0.1, 0.15) is 6.04 Å². The highest BCUT2D eigenvalue weighted by Gasteiger charge is 2.22. The average Bonchev–Trinajstić information content (AvgIpc) is 2.29. The quantitative estimate of drug-likeness (QED) is 0.665. The number of nitrogens with zero attached hydrogens (tertiary/aromatic N) is 1. The maximum Gasteiger partial charge on any atom is 0.321 e. The minimum atomic E-state index is -0.992. The summed E-state index contributed by atoms with van der Waals surface area (Å²) in [4.78, 5) is 14.8. The molecular formula is C12H19N3O2. The molecule has 0 aromatic carbocycles. The van der Waals surface area contributed by atoms with Crippen LogP contribution in [0.5, 0.6) is 0 Å². The van der Waals surface area contributed by atoms with E-state index in [1.165, 1.54) is 0 Å². The molecule has 1 heterocycles. The lowest BCUT2D eigenvalue weighted by atomic mass is 9.88. The summed E-state index contributed by atoms with van der Waals surface area (Å²) < 4.78 is 0. The summed E-state index contributed by atoms with van der Waals surface area (Å²) in [6.07, 6.45) is 1.75. The molecule has 0 spiro atoms. The third-order valence-corrected chi connectivity index (χ3v) is 2.61. The highest BCUT2D eigenvalue weighted by Crippen LogP contribution is 2.19. The molecular weight excluding hydrogens is 218 g/mol. The van der Waals surface area contributed by atoms with Crippen molar-refractivity contribution in [1.82, 2.24) is 10.3 Å². The van der Waals surface area contributed by atoms with Gasteiger partial charge in [0, 0.05) is 30.4 Å². The van der Waals surface area contributed by atoms with E-state index in [1.807, 2.05) is 18.2 Å². The number of hydrogen-bond acceptors (Lipinski definition) is 4. The molecule has 1 rings (SSSR count). The van der Waals surface area contributed by atoms with Gasteiger partial charge in [0.25, 0.3) is 0 Å². The molecule has 1 unspecified atom stereocenters. The van der Waals surface area contributed by atoms with Gasteiger partial charge in [-0.25, -0.2) is 0 Å². The molecule has 0 radical (unpaired) electrons. The monoisotopic (exact) mass is 237 g/mol. The summed E-state index contributed by atoms with van der Waals surface area (Å²) in [6.45, 7) is 4.99. The van der Waals surface area contributed by atoms with Gasteiger partial charge in [-0.3, -0.25) is 9.78 Å². The second-order valence-electron chi connectivity index (χ2n) is 4.67. The van der Waals surface area contributed by atoms with Gasteiger partial charge in [-0.1, -0.05) is 19.9 Å². The molecule has 0 aliphatic rings. The number of hydrogen-bond donors (Lipinski definition) is 3. The molecule has 94 valence electrons. The fraction of sp³-hybridized carbons (Fsp3) is 0.500. The Hall–Kier alpha value is -1.46. The van der Waals surface area contributed by atoms with E-state index < -0.39 is 12.0 Å². The number of carbonyl (C=O) groups is 1. The Kier molecular flexibility index (Phi) is 4.60. The molecule has 0 aliphatic carbocycles. The van der Waals surface area contributed by atoms with Gasteiger partial charge >= 0.3 is 5.97 Å². The highest BCUT2D eigenvalue weighted by atomic mass is 16.4. The lowest BCUT2D eigenvalue weighted by Crippen LogP contribution is -2.44. The van der Waals surface area contributed by atoms with Crippen LogP contribution in [0.3, 0.4) is 0 Å². The number of nitrogens with two attached hydrogens (primary N) is 1. The molecule has 17 heavy (non-hydrogen) atoms. The molecule has 0 saturated heterocycles. The van der Waals surface area contributed by atoms with Gasteiger partial charge in [0.2, 0.25) is 0 Å². The van der Waals surface area contributed by atoms with E-state index in [2.05, 4.69) is 24.1 Å². The zero-order valence-corrected chi connectivity index (χ0v) is 10.2. The van der Waals surface area contributed by atoms with Crippen LogP contribution in [0, 0.1) is 0 Å².